The highest BCUT2D eigenvalue weighted by Crippen LogP contribution is 2.62. The number of benzene rings is 3. The first-order valence-corrected chi connectivity index (χ1v) is 18.3. The molecular formula is C41H49N5O5. The molecule has 3 aromatic carbocycles. The summed E-state index contributed by atoms with van der Waals surface area (Å²) >= 11 is 0. The van der Waals surface area contributed by atoms with Crippen LogP contribution in [0.4, 0.5) is 11.4 Å². The highest BCUT2D eigenvalue weighted by molar-refractivity contribution is 5.97. The van der Waals surface area contributed by atoms with Crippen LogP contribution in [-0.2, 0) is 17.8 Å². The normalized spacial score (nSPS) is 26.7. The Morgan fingerprint density at radius 2 is 1.92 bits per heavy atom. The van der Waals surface area contributed by atoms with Crippen LogP contribution in [0.15, 0.2) is 65.7 Å². The molecule has 3 aliphatic carbocycles. The van der Waals surface area contributed by atoms with Crippen molar-refractivity contribution in [3.8, 4) is 16.9 Å². The number of amides is 2. The molecule has 0 spiro atoms. The van der Waals surface area contributed by atoms with E-state index in [-0.39, 0.29) is 35.1 Å². The monoisotopic (exact) mass is 691 g/mol. The molecule has 2 bridgehead atoms. The van der Waals surface area contributed by atoms with Gasteiger partial charge in [0.05, 0.1) is 24.1 Å². The van der Waals surface area contributed by atoms with Crippen molar-refractivity contribution in [3.63, 3.8) is 0 Å². The molecule has 6 atom stereocenters. The van der Waals surface area contributed by atoms with Crippen molar-refractivity contribution in [2.24, 2.45) is 34.1 Å². The van der Waals surface area contributed by atoms with E-state index in [0.717, 1.165) is 42.6 Å². The number of rotatable bonds is 9. The summed E-state index contributed by atoms with van der Waals surface area (Å²) in [5.41, 5.74) is 4.74. The molecule has 5 aliphatic rings. The number of aliphatic imine (C=N–C) groups is 1. The lowest BCUT2D eigenvalue weighted by molar-refractivity contribution is -0.384. The Balaban J connectivity index is 1.09. The zero-order chi connectivity index (χ0) is 36.0. The van der Waals surface area contributed by atoms with E-state index in [4.69, 9.17) is 4.74 Å². The smallest absolute Gasteiger partial charge is 0.270 e. The van der Waals surface area contributed by atoms with Gasteiger partial charge in [0, 0.05) is 60.9 Å². The van der Waals surface area contributed by atoms with Crippen LogP contribution in [0.2, 0.25) is 0 Å². The second-order valence-corrected chi connectivity index (χ2v) is 15.8. The number of para-hydroxylation sites is 2. The van der Waals surface area contributed by atoms with E-state index >= 15 is 0 Å². The molecule has 3 saturated carbocycles. The predicted octanol–water partition coefficient (Wildman–Crippen LogP) is 6.94. The number of carbonyl (C=O) groups excluding carboxylic acids is 2. The first kappa shape index (κ1) is 34.9. The molecule has 1 unspecified atom stereocenters. The molecule has 4 fully saturated rings. The molecule has 8 rings (SSSR count). The molecule has 2 aliphatic heterocycles. The number of carbonyl (C=O) groups is 2. The van der Waals surface area contributed by atoms with Gasteiger partial charge in [0.2, 0.25) is 0 Å². The third kappa shape index (κ3) is 6.66. The zero-order valence-corrected chi connectivity index (χ0v) is 30.3. The summed E-state index contributed by atoms with van der Waals surface area (Å²) in [6.45, 7) is 8.94. The summed E-state index contributed by atoms with van der Waals surface area (Å²) in [6.07, 6.45) is 6.67. The van der Waals surface area contributed by atoms with E-state index < -0.39 is 4.92 Å². The lowest BCUT2D eigenvalue weighted by atomic mass is 9.43. The summed E-state index contributed by atoms with van der Waals surface area (Å²) in [7, 11) is 3.58. The maximum atomic E-state index is 13.6. The molecule has 1 N–H and O–H groups in total. The zero-order valence-electron chi connectivity index (χ0n) is 30.3. The highest BCUT2D eigenvalue weighted by atomic mass is 16.6. The van der Waals surface area contributed by atoms with Crippen molar-refractivity contribution in [1.82, 2.24) is 10.2 Å². The maximum Gasteiger partial charge on any atom is 0.270 e. The number of nitrogens with one attached hydrogen (secondary N) is 1. The average Bonchev–Trinajstić information content (AvgIpc) is 3.58. The summed E-state index contributed by atoms with van der Waals surface area (Å²) in [4.78, 5) is 47.6. The number of likely N-dealkylation sites (tertiary alicyclic amines) is 1. The van der Waals surface area contributed by atoms with Crippen LogP contribution in [0.25, 0.3) is 11.1 Å². The number of likely N-dealkylation sites (N-methyl/N-ethyl adjacent to an activating group) is 1. The van der Waals surface area contributed by atoms with Crippen LogP contribution in [0.1, 0.15) is 67.9 Å². The van der Waals surface area contributed by atoms with E-state index in [0.29, 0.717) is 65.5 Å². The van der Waals surface area contributed by atoms with E-state index in [1.165, 1.54) is 18.6 Å². The number of nitro benzene ring substituents is 1. The number of fused-ring (bicyclic) bond motifs is 3. The third-order valence-electron chi connectivity index (χ3n) is 12.5. The Kier molecular flexibility index (Phi) is 9.48. The SMILES string of the molecule is COc1c(CN2CCC[C@@H]2C(=O)N=CC2C[C@H]3C[C@@H]([C@@H]2C)C3(C)C)cccc1-c1cc(C(=O)N[C@H]2Cc3ccccc3N(C)C2)cc([N+](=O)[O-])c1. The number of nitrogens with zero attached hydrogens (tertiary/aromatic N) is 4. The van der Waals surface area contributed by atoms with Crippen molar-refractivity contribution in [3.05, 3.63) is 87.5 Å². The number of methoxy groups -OCH3 is 1. The Morgan fingerprint density at radius 1 is 1.12 bits per heavy atom. The van der Waals surface area contributed by atoms with Gasteiger partial charge in [0.15, 0.2) is 0 Å². The summed E-state index contributed by atoms with van der Waals surface area (Å²) in [6, 6.07) is 17.9. The first-order chi connectivity index (χ1) is 24.4. The number of ether oxygens (including phenoxy) is 1. The fourth-order valence-corrected chi connectivity index (χ4v) is 9.52. The van der Waals surface area contributed by atoms with Crippen LogP contribution in [-0.4, -0.2) is 67.2 Å². The molecule has 2 amide bonds. The van der Waals surface area contributed by atoms with Crippen LogP contribution in [0.5, 0.6) is 5.75 Å². The second-order valence-electron chi connectivity index (χ2n) is 15.8. The molecule has 268 valence electrons. The van der Waals surface area contributed by atoms with Crippen LogP contribution in [0, 0.1) is 39.2 Å². The van der Waals surface area contributed by atoms with Crippen LogP contribution < -0.4 is 15.0 Å². The lowest BCUT2D eigenvalue weighted by Crippen LogP contribution is -2.55. The minimum absolute atomic E-state index is 0.0877. The van der Waals surface area contributed by atoms with E-state index in [1.807, 2.05) is 43.6 Å². The van der Waals surface area contributed by atoms with Crippen LogP contribution >= 0.6 is 0 Å². The summed E-state index contributed by atoms with van der Waals surface area (Å²) in [5, 5.41) is 15.2. The minimum atomic E-state index is -0.472. The highest BCUT2D eigenvalue weighted by Gasteiger charge is 2.55. The fraction of sp³-hybridized carbons (Fsp3) is 0.488. The summed E-state index contributed by atoms with van der Waals surface area (Å²) < 4.78 is 5.96. The van der Waals surface area contributed by atoms with Gasteiger partial charge in [-0.3, -0.25) is 24.6 Å². The van der Waals surface area contributed by atoms with Gasteiger partial charge in [-0.15, -0.1) is 0 Å². The quantitative estimate of drug-likeness (QED) is 0.147. The van der Waals surface area contributed by atoms with Gasteiger partial charge >= 0.3 is 0 Å². The lowest BCUT2D eigenvalue weighted by Gasteiger charge is -2.61. The van der Waals surface area contributed by atoms with E-state index in [9.17, 15) is 19.7 Å². The number of non-ortho nitro benzene ring substituents is 1. The third-order valence-corrected chi connectivity index (χ3v) is 12.5. The molecule has 10 nitrogen and oxygen atoms in total. The molecule has 0 aromatic heterocycles. The van der Waals surface area contributed by atoms with Gasteiger partial charge in [-0.25, -0.2) is 4.99 Å². The van der Waals surface area contributed by atoms with Crippen molar-refractivity contribution in [2.45, 2.75) is 71.5 Å². The predicted molar refractivity (Wildman–Crippen MR) is 199 cm³/mol. The summed E-state index contributed by atoms with van der Waals surface area (Å²) in [5.74, 6) is 2.39. The van der Waals surface area contributed by atoms with Gasteiger partial charge in [-0.1, -0.05) is 57.2 Å². The number of anilines is 1. The topological polar surface area (TPSA) is 117 Å². The standard InChI is InChI=1S/C41H49N5O5/c1-25-30(17-31-21-35(25)41(31,2)3)22-42-40(48)37-14-9-15-45(37)23-27-11-8-12-34(38(27)51-5)28-16-29(20-33(19-28)46(49)50)39(47)43-32-18-26-10-6-7-13-36(26)44(4)24-32/h6-8,10-13,16,19-20,22,25,30-32,35,37H,9,14-15,17-18,21,23-24H2,1-5H3,(H,43,47)/t25-,30?,31+,32+,35+,37-/m1/s1. The van der Waals surface area contributed by atoms with Gasteiger partial charge in [0.1, 0.15) is 5.75 Å². The Morgan fingerprint density at radius 3 is 2.67 bits per heavy atom. The van der Waals surface area contributed by atoms with Crippen molar-refractivity contribution < 1.29 is 19.2 Å². The van der Waals surface area contributed by atoms with E-state index in [2.05, 4.69) is 53.0 Å². The van der Waals surface area contributed by atoms with Gasteiger partial charge in [0.25, 0.3) is 17.5 Å². The fourth-order valence-electron chi connectivity index (χ4n) is 9.52. The largest absolute Gasteiger partial charge is 0.496 e. The van der Waals surface area contributed by atoms with Crippen molar-refractivity contribution in [2.75, 3.05) is 32.1 Å². The maximum absolute atomic E-state index is 13.6. The minimum Gasteiger partial charge on any atom is -0.496 e. The molecule has 10 heteroatoms. The van der Waals surface area contributed by atoms with E-state index in [1.54, 1.807) is 13.2 Å². The molecule has 2 heterocycles. The Hall–Kier alpha value is -4.57. The van der Waals surface area contributed by atoms with Gasteiger partial charge < -0.3 is 15.0 Å². The molecule has 51 heavy (non-hydrogen) atoms. The Labute approximate surface area is 300 Å². The van der Waals surface area contributed by atoms with Crippen molar-refractivity contribution >= 4 is 29.4 Å². The number of hydrogen-bond donors (Lipinski definition) is 1. The average molecular weight is 692 g/mol. The number of hydrogen-bond acceptors (Lipinski definition) is 7. The molecular weight excluding hydrogens is 642 g/mol. The van der Waals surface area contributed by atoms with Gasteiger partial charge in [-0.05, 0) is 91.0 Å². The molecule has 0 radical (unpaired) electrons. The van der Waals surface area contributed by atoms with Crippen molar-refractivity contribution in [1.29, 1.82) is 0 Å². The number of nitro groups is 1. The first-order valence-electron chi connectivity index (χ1n) is 18.3. The Bertz CT molecular complexity index is 1870. The van der Waals surface area contributed by atoms with Gasteiger partial charge in [-0.2, -0.15) is 0 Å². The molecule has 1 saturated heterocycles. The molecule has 3 aromatic rings. The van der Waals surface area contributed by atoms with Crippen LogP contribution in [0.3, 0.4) is 0 Å². The second kappa shape index (κ2) is 13.9.